The van der Waals surface area contributed by atoms with Gasteiger partial charge in [0, 0.05) is 29.7 Å². The fourth-order valence-electron chi connectivity index (χ4n) is 1.91. The molecule has 0 saturated heterocycles. The number of carbonyl (C=O) groups excluding carboxylic acids is 1. The van der Waals surface area contributed by atoms with Crippen LogP contribution in [-0.2, 0) is 6.18 Å². The summed E-state index contributed by atoms with van der Waals surface area (Å²) < 4.78 is 38.0. The third kappa shape index (κ3) is 4.60. The van der Waals surface area contributed by atoms with Crippen LogP contribution in [0.15, 0.2) is 30.5 Å². The zero-order chi connectivity index (χ0) is 17.7. The predicted molar refractivity (Wildman–Crippen MR) is 87.7 cm³/mol. The molecule has 2 rings (SSSR count). The van der Waals surface area contributed by atoms with E-state index in [0.29, 0.717) is 23.5 Å². The number of alkyl halides is 3. The van der Waals surface area contributed by atoms with E-state index in [1.54, 1.807) is 19.1 Å². The number of rotatable bonds is 5. The van der Waals surface area contributed by atoms with Gasteiger partial charge in [0.25, 0.3) is 5.91 Å². The molecule has 24 heavy (non-hydrogen) atoms. The first-order valence-corrected chi connectivity index (χ1v) is 7.61. The number of hydrogen-bond acceptors (Lipinski definition) is 5. The van der Waals surface area contributed by atoms with Crippen molar-refractivity contribution in [3.8, 4) is 0 Å². The summed E-state index contributed by atoms with van der Waals surface area (Å²) in [7, 11) is 0. The quantitative estimate of drug-likeness (QED) is 0.720. The van der Waals surface area contributed by atoms with Gasteiger partial charge in [-0.15, -0.1) is 0 Å². The molecule has 0 aliphatic heterocycles. The smallest absolute Gasteiger partial charge is 0.351 e. The van der Waals surface area contributed by atoms with Gasteiger partial charge in [0.2, 0.25) is 5.95 Å². The summed E-state index contributed by atoms with van der Waals surface area (Å²) in [6, 6.07) is 5.64. The molecule has 1 heterocycles. The Bertz CT molecular complexity index is 737. The summed E-state index contributed by atoms with van der Waals surface area (Å²) in [5.74, 6) is 0.0198. The van der Waals surface area contributed by atoms with Crippen LogP contribution >= 0.6 is 12.6 Å². The van der Waals surface area contributed by atoms with E-state index in [4.69, 9.17) is 0 Å². The SMILES string of the molecule is Cc1ccc(Nc2nccc(C(F)(F)F)n2)cc1C(=O)NCCS. The second-order valence-corrected chi connectivity index (χ2v) is 5.34. The van der Waals surface area contributed by atoms with Gasteiger partial charge >= 0.3 is 6.18 Å². The van der Waals surface area contributed by atoms with Gasteiger partial charge in [0.1, 0.15) is 5.69 Å². The number of aromatic nitrogens is 2. The Morgan fingerprint density at radius 1 is 1.29 bits per heavy atom. The largest absolute Gasteiger partial charge is 0.433 e. The molecule has 0 aliphatic rings. The van der Waals surface area contributed by atoms with Crippen molar-refractivity contribution in [3.63, 3.8) is 0 Å². The Kier molecular flexibility index (Phi) is 5.66. The highest BCUT2D eigenvalue weighted by atomic mass is 32.1. The molecule has 0 bridgehead atoms. The fourth-order valence-corrected chi connectivity index (χ4v) is 2.03. The van der Waals surface area contributed by atoms with E-state index in [1.807, 2.05) is 0 Å². The number of amides is 1. The molecule has 0 fully saturated rings. The van der Waals surface area contributed by atoms with Crippen molar-refractivity contribution in [2.45, 2.75) is 13.1 Å². The Morgan fingerprint density at radius 2 is 2.04 bits per heavy atom. The van der Waals surface area contributed by atoms with Crippen LogP contribution in [0.1, 0.15) is 21.6 Å². The molecular formula is C15H15F3N4OS. The van der Waals surface area contributed by atoms with E-state index in [-0.39, 0.29) is 11.9 Å². The van der Waals surface area contributed by atoms with Gasteiger partial charge in [-0.3, -0.25) is 4.79 Å². The van der Waals surface area contributed by atoms with Crippen LogP contribution < -0.4 is 10.6 Å². The first-order valence-electron chi connectivity index (χ1n) is 6.98. The van der Waals surface area contributed by atoms with Gasteiger partial charge < -0.3 is 10.6 Å². The van der Waals surface area contributed by atoms with Crippen LogP contribution in [0.5, 0.6) is 0 Å². The van der Waals surface area contributed by atoms with Crippen LogP contribution in [0.25, 0.3) is 0 Å². The van der Waals surface area contributed by atoms with Crippen LogP contribution in [0.4, 0.5) is 24.8 Å². The van der Waals surface area contributed by atoms with Gasteiger partial charge in [-0.05, 0) is 30.7 Å². The zero-order valence-electron chi connectivity index (χ0n) is 12.7. The lowest BCUT2D eigenvalue weighted by Crippen LogP contribution is -2.26. The summed E-state index contributed by atoms with van der Waals surface area (Å²) in [6.45, 7) is 2.18. The molecular weight excluding hydrogens is 341 g/mol. The van der Waals surface area contributed by atoms with E-state index in [2.05, 4.69) is 33.2 Å². The van der Waals surface area contributed by atoms with Gasteiger partial charge in [0.05, 0.1) is 0 Å². The molecule has 0 unspecified atom stereocenters. The van der Waals surface area contributed by atoms with Crippen molar-refractivity contribution in [2.24, 2.45) is 0 Å². The molecule has 9 heteroatoms. The van der Waals surface area contributed by atoms with Crippen molar-refractivity contribution < 1.29 is 18.0 Å². The Balaban J connectivity index is 2.23. The van der Waals surface area contributed by atoms with Gasteiger partial charge in [-0.2, -0.15) is 25.8 Å². The maximum Gasteiger partial charge on any atom is 0.433 e. The Hall–Kier alpha value is -2.29. The minimum absolute atomic E-state index is 0.199. The lowest BCUT2D eigenvalue weighted by atomic mass is 10.1. The third-order valence-electron chi connectivity index (χ3n) is 3.08. The average Bonchev–Trinajstić information content (AvgIpc) is 2.54. The van der Waals surface area contributed by atoms with E-state index in [0.717, 1.165) is 17.8 Å². The maximum atomic E-state index is 12.7. The average molecular weight is 356 g/mol. The van der Waals surface area contributed by atoms with Crippen LogP contribution in [0.2, 0.25) is 0 Å². The molecule has 1 aromatic carbocycles. The third-order valence-corrected chi connectivity index (χ3v) is 3.31. The monoisotopic (exact) mass is 356 g/mol. The van der Waals surface area contributed by atoms with Gasteiger partial charge in [-0.25, -0.2) is 9.97 Å². The molecule has 5 nitrogen and oxygen atoms in total. The lowest BCUT2D eigenvalue weighted by Gasteiger charge is -2.11. The number of nitrogens with one attached hydrogen (secondary N) is 2. The number of anilines is 2. The fraction of sp³-hybridized carbons (Fsp3) is 0.267. The second-order valence-electron chi connectivity index (χ2n) is 4.90. The second kappa shape index (κ2) is 7.52. The lowest BCUT2D eigenvalue weighted by molar-refractivity contribution is -0.141. The van der Waals surface area contributed by atoms with Crippen molar-refractivity contribution >= 4 is 30.2 Å². The van der Waals surface area contributed by atoms with Gasteiger partial charge in [0.15, 0.2) is 0 Å². The minimum atomic E-state index is -4.55. The number of thiol groups is 1. The highest BCUT2D eigenvalue weighted by Gasteiger charge is 2.32. The van der Waals surface area contributed by atoms with Crippen molar-refractivity contribution in [1.29, 1.82) is 0 Å². The Morgan fingerprint density at radius 3 is 2.71 bits per heavy atom. The molecule has 0 spiro atoms. The minimum Gasteiger partial charge on any atom is -0.351 e. The predicted octanol–water partition coefficient (Wildman–Crippen LogP) is 3.21. The first-order chi connectivity index (χ1) is 11.3. The summed E-state index contributed by atoms with van der Waals surface area (Å²) in [5.41, 5.74) is 0.519. The topological polar surface area (TPSA) is 66.9 Å². The highest BCUT2D eigenvalue weighted by Crippen LogP contribution is 2.28. The van der Waals surface area contributed by atoms with Crippen LogP contribution in [0.3, 0.4) is 0 Å². The molecule has 2 aromatic rings. The van der Waals surface area contributed by atoms with E-state index in [9.17, 15) is 18.0 Å². The van der Waals surface area contributed by atoms with Crippen LogP contribution in [0, 0.1) is 6.92 Å². The number of benzene rings is 1. The molecule has 128 valence electrons. The number of nitrogens with zero attached hydrogens (tertiary/aromatic N) is 2. The summed E-state index contributed by atoms with van der Waals surface area (Å²) in [4.78, 5) is 19.3. The molecule has 0 saturated carbocycles. The Labute approximate surface area is 142 Å². The summed E-state index contributed by atoms with van der Waals surface area (Å²) in [6.07, 6.45) is -3.53. The van der Waals surface area contributed by atoms with E-state index < -0.39 is 11.9 Å². The molecule has 1 amide bonds. The van der Waals surface area contributed by atoms with Gasteiger partial charge in [-0.1, -0.05) is 6.07 Å². The summed E-state index contributed by atoms with van der Waals surface area (Å²) in [5, 5.41) is 5.36. The highest BCUT2D eigenvalue weighted by molar-refractivity contribution is 7.80. The summed E-state index contributed by atoms with van der Waals surface area (Å²) >= 11 is 4.02. The van der Waals surface area contributed by atoms with Crippen molar-refractivity contribution in [2.75, 3.05) is 17.6 Å². The normalized spacial score (nSPS) is 11.2. The van der Waals surface area contributed by atoms with Crippen molar-refractivity contribution in [3.05, 3.63) is 47.3 Å². The molecule has 0 atom stereocenters. The number of aryl methyl sites for hydroxylation is 1. The van der Waals surface area contributed by atoms with Crippen molar-refractivity contribution in [1.82, 2.24) is 15.3 Å². The molecule has 2 N–H and O–H groups in total. The standard InChI is InChI=1S/C15H15F3N4OS/c1-9-2-3-10(8-11(9)13(23)19-6-7-24)21-14-20-5-4-12(22-14)15(16,17)18/h2-5,8,24H,6-7H2,1H3,(H,19,23)(H,20,21,22). The number of halogens is 3. The van der Waals surface area contributed by atoms with E-state index >= 15 is 0 Å². The number of carbonyl (C=O) groups is 1. The first kappa shape index (κ1) is 18.1. The zero-order valence-corrected chi connectivity index (χ0v) is 13.6. The maximum absolute atomic E-state index is 12.7. The number of hydrogen-bond donors (Lipinski definition) is 3. The molecule has 1 aromatic heterocycles. The molecule has 0 radical (unpaired) electrons. The van der Waals surface area contributed by atoms with E-state index in [1.165, 1.54) is 6.07 Å². The van der Waals surface area contributed by atoms with Crippen LogP contribution in [-0.4, -0.2) is 28.2 Å². The molecule has 0 aliphatic carbocycles.